The fourth-order valence-corrected chi connectivity index (χ4v) is 2.63. The number of hydrogen-bond donors (Lipinski definition) is 1. The fraction of sp³-hybridized carbons (Fsp3) is 0.211. The molecule has 3 rings (SSSR count). The lowest BCUT2D eigenvalue weighted by atomic mass is 10.1. The highest BCUT2D eigenvalue weighted by molar-refractivity contribution is 5.87. The molecular formula is C19H16F3NO3. The zero-order chi connectivity index (χ0) is 18.7. The minimum absolute atomic E-state index is 0.0678. The summed E-state index contributed by atoms with van der Waals surface area (Å²) in [5.41, 5.74) is 2.70. The summed E-state index contributed by atoms with van der Waals surface area (Å²) in [6.07, 6.45) is -3.20. The van der Waals surface area contributed by atoms with Crippen molar-refractivity contribution < 1.29 is 27.1 Å². The monoisotopic (exact) mass is 363 g/mol. The number of ether oxygens (including phenoxy) is 1. The van der Waals surface area contributed by atoms with Crippen LogP contribution in [-0.2, 0) is 17.8 Å². The van der Waals surface area contributed by atoms with Gasteiger partial charge in [0.1, 0.15) is 11.3 Å². The SMILES string of the molecule is Cc1ccc2c(CC(=O)NCc3ccccc3OC(F)(F)F)coc2c1. The molecule has 0 unspecified atom stereocenters. The van der Waals surface area contributed by atoms with Crippen LogP contribution < -0.4 is 10.1 Å². The van der Waals surface area contributed by atoms with Gasteiger partial charge in [-0.05, 0) is 24.6 Å². The Hall–Kier alpha value is -2.96. The van der Waals surface area contributed by atoms with Crippen LogP contribution in [0.2, 0.25) is 0 Å². The Balaban J connectivity index is 1.66. The quantitative estimate of drug-likeness (QED) is 0.726. The van der Waals surface area contributed by atoms with E-state index in [-0.39, 0.29) is 30.2 Å². The number of halogens is 3. The van der Waals surface area contributed by atoms with Crippen LogP contribution in [0.3, 0.4) is 0 Å². The van der Waals surface area contributed by atoms with Crippen molar-refractivity contribution in [3.05, 3.63) is 65.4 Å². The number of rotatable bonds is 5. The number of nitrogens with one attached hydrogen (secondary N) is 1. The van der Waals surface area contributed by atoms with Crippen LogP contribution in [0.15, 0.2) is 53.1 Å². The molecule has 0 fully saturated rings. The van der Waals surface area contributed by atoms with Gasteiger partial charge in [0.25, 0.3) is 0 Å². The van der Waals surface area contributed by atoms with Crippen LogP contribution in [0.25, 0.3) is 11.0 Å². The van der Waals surface area contributed by atoms with Crippen LogP contribution in [-0.4, -0.2) is 12.3 Å². The number of furan rings is 1. The van der Waals surface area contributed by atoms with Crippen molar-refractivity contribution in [2.75, 3.05) is 0 Å². The molecule has 0 bridgehead atoms. The van der Waals surface area contributed by atoms with Gasteiger partial charge in [0.05, 0.1) is 12.7 Å². The molecule has 0 atom stereocenters. The number of hydrogen-bond acceptors (Lipinski definition) is 3. The number of aryl methyl sites for hydroxylation is 1. The van der Waals surface area contributed by atoms with Gasteiger partial charge in [0.2, 0.25) is 5.91 Å². The second-order valence-electron chi connectivity index (χ2n) is 5.87. The summed E-state index contributed by atoms with van der Waals surface area (Å²) in [5.74, 6) is -0.653. The minimum Gasteiger partial charge on any atom is -0.464 e. The predicted octanol–water partition coefficient (Wildman–Crippen LogP) is 4.50. The van der Waals surface area contributed by atoms with Gasteiger partial charge in [0, 0.05) is 23.1 Å². The van der Waals surface area contributed by atoms with Crippen LogP contribution in [0.5, 0.6) is 5.75 Å². The van der Waals surface area contributed by atoms with Gasteiger partial charge in [-0.25, -0.2) is 0 Å². The molecule has 0 aliphatic carbocycles. The number of alkyl halides is 3. The van der Waals surface area contributed by atoms with E-state index in [2.05, 4.69) is 10.1 Å². The second-order valence-corrected chi connectivity index (χ2v) is 5.87. The van der Waals surface area contributed by atoms with Crippen molar-refractivity contribution >= 4 is 16.9 Å². The Kier molecular flexibility index (Phi) is 4.88. The van der Waals surface area contributed by atoms with Crippen molar-refractivity contribution in [2.45, 2.75) is 26.3 Å². The predicted molar refractivity (Wildman–Crippen MR) is 89.6 cm³/mol. The molecule has 0 aliphatic rings. The zero-order valence-electron chi connectivity index (χ0n) is 13.9. The highest BCUT2D eigenvalue weighted by Gasteiger charge is 2.32. The van der Waals surface area contributed by atoms with Gasteiger partial charge in [0.15, 0.2) is 0 Å². The van der Waals surface area contributed by atoms with E-state index in [0.717, 1.165) is 16.5 Å². The topological polar surface area (TPSA) is 51.5 Å². The minimum atomic E-state index is -4.78. The summed E-state index contributed by atoms with van der Waals surface area (Å²) in [5, 5.41) is 3.45. The summed E-state index contributed by atoms with van der Waals surface area (Å²) >= 11 is 0. The molecule has 0 saturated carbocycles. The normalized spacial score (nSPS) is 11.5. The number of amides is 1. The first kappa shape index (κ1) is 17.8. The molecule has 136 valence electrons. The smallest absolute Gasteiger partial charge is 0.464 e. The molecule has 1 heterocycles. The molecule has 0 saturated heterocycles. The van der Waals surface area contributed by atoms with E-state index in [1.54, 1.807) is 6.07 Å². The molecular weight excluding hydrogens is 347 g/mol. The third-order valence-electron chi connectivity index (χ3n) is 3.84. The van der Waals surface area contributed by atoms with E-state index in [0.29, 0.717) is 5.58 Å². The highest BCUT2D eigenvalue weighted by Crippen LogP contribution is 2.26. The molecule has 0 radical (unpaired) electrons. The van der Waals surface area contributed by atoms with E-state index >= 15 is 0 Å². The standard InChI is InChI=1S/C19H16F3NO3/c1-12-6-7-15-14(11-25-17(15)8-12)9-18(24)23-10-13-4-2-3-5-16(13)26-19(20,21)22/h2-8,11H,9-10H2,1H3,(H,23,24). The maximum Gasteiger partial charge on any atom is 0.573 e. The summed E-state index contributed by atoms with van der Waals surface area (Å²) < 4.78 is 46.7. The molecule has 1 aromatic heterocycles. The maximum atomic E-state index is 12.4. The lowest BCUT2D eigenvalue weighted by Crippen LogP contribution is -2.25. The second kappa shape index (κ2) is 7.11. The van der Waals surface area contributed by atoms with Crippen molar-refractivity contribution in [3.8, 4) is 5.75 Å². The molecule has 1 N–H and O–H groups in total. The molecule has 4 nitrogen and oxygen atoms in total. The lowest BCUT2D eigenvalue weighted by Gasteiger charge is -2.13. The van der Waals surface area contributed by atoms with Gasteiger partial charge in [-0.1, -0.05) is 30.3 Å². The fourth-order valence-electron chi connectivity index (χ4n) is 2.63. The van der Waals surface area contributed by atoms with Crippen molar-refractivity contribution in [2.24, 2.45) is 0 Å². The number of carbonyl (C=O) groups excluding carboxylic acids is 1. The molecule has 0 aliphatic heterocycles. The lowest BCUT2D eigenvalue weighted by molar-refractivity contribution is -0.274. The summed E-state index contributed by atoms with van der Waals surface area (Å²) in [6.45, 7) is 1.87. The largest absolute Gasteiger partial charge is 0.573 e. The van der Waals surface area contributed by atoms with Gasteiger partial charge >= 0.3 is 6.36 Å². The maximum absolute atomic E-state index is 12.4. The van der Waals surface area contributed by atoms with Gasteiger partial charge in [-0.15, -0.1) is 13.2 Å². The van der Waals surface area contributed by atoms with Crippen molar-refractivity contribution in [1.29, 1.82) is 0 Å². The van der Waals surface area contributed by atoms with E-state index in [4.69, 9.17) is 4.42 Å². The Morgan fingerprint density at radius 2 is 1.92 bits per heavy atom. The first-order valence-corrected chi connectivity index (χ1v) is 7.89. The van der Waals surface area contributed by atoms with E-state index in [1.165, 1.54) is 24.5 Å². The van der Waals surface area contributed by atoms with Crippen LogP contribution >= 0.6 is 0 Å². The van der Waals surface area contributed by atoms with Gasteiger partial charge < -0.3 is 14.5 Å². The molecule has 2 aromatic carbocycles. The molecule has 7 heteroatoms. The van der Waals surface area contributed by atoms with Crippen LogP contribution in [0.1, 0.15) is 16.7 Å². The van der Waals surface area contributed by atoms with Crippen LogP contribution in [0, 0.1) is 6.92 Å². The average molecular weight is 363 g/mol. The highest BCUT2D eigenvalue weighted by atomic mass is 19.4. The first-order chi connectivity index (χ1) is 12.3. The Bertz CT molecular complexity index is 931. The molecule has 0 spiro atoms. The van der Waals surface area contributed by atoms with E-state index < -0.39 is 6.36 Å². The third-order valence-corrected chi connectivity index (χ3v) is 3.84. The molecule has 26 heavy (non-hydrogen) atoms. The zero-order valence-corrected chi connectivity index (χ0v) is 13.9. The van der Waals surface area contributed by atoms with Crippen molar-refractivity contribution in [1.82, 2.24) is 5.32 Å². The Morgan fingerprint density at radius 1 is 1.15 bits per heavy atom. The summed E-state index contributed by atoms with van der Waals surface area (Å²) in [6, 6.07) is 11.4. The summed E-state index contributed by atoms with van der Waals surface area (Å²) in [7, 11) is 0. The Labute approximate surface area is 147 Å². The first-order valence-electron chi connectivity index (χ1n) is 7.89. The Morgan fingerprint density at radius 3 is 2.69 bits per heavy atom. The molecule has 1 amide bonds. The van der Waals surface area contributed by atoms with Crippen LogP contribution in [0.4, 0.5) is 13.2 Å². The van der Waals surface area contributed by atoms with Gasteiger partial charge in [-0.3, -0.25) is 4.79 Å². The van der Waals surface area contributed by atoms with E-state index in [1.807, 2.05) is 25.1 Å². The van der Waals surface area contributed by atoms with Gasteiger partial charge in [-0.2, -0.15) is 0 Å². The molecule has 3 aromatic rings. The van der Waals surface area contributed by atoms with E-state index in [9.17, 15) is 18.0 Å². The number of carbonyl (C=O) groups is 1. The third kappa shape index (κ3) is 4.36. The number of fused-ring (bicyclic) bond motifs is 1. The average Bonchev–Trinajstić information content (AvgIpc) is 2.94. The summed E-state index contributed by atoms with van der Waals surface area (Å²) in [4.78, 5) is 12.2. The number of para-hydroxylation sites is 1. The number of benzene rings is 2. The van der Waals surface area contributed by atoms with Crippen molar-refractivity contribution in [3.63, 3.8) is 0 Å².